The zero-order valence-corrected chi connectivity index (χ0v) is 24.1. The Kier molecular flexibility index (Phi) is 11.4. The van der Waals surface area contributed by atoms with E-state index in [4.69, 9.17) is 0 Å². The van der Waals surface area contributed by atoms with Crippen LogP contribution in [0.25, 0.3) is 11.3 Å². The van der Waals surface area contributed by atoms with Crippen molar-refractivity contribution in [2.75, 3.05) is 20.1 Å². The molecule has 0 aliphatic carbocycles. The van der Waals surface area contributed by atoms with Crippen molar-refractivity contribution in [1.29, 1.82) is 0 Å². The highest BCUT2D eigenvalue weighted by molar-refractivity contribution is 7.97. The Labute approximate surface area is 235 Å². The van der Waals surface area contributed by atoms with Crippen LogP contribution in [0.3, 0.4) is 0 Å². The van der Waals surface area contributed by atoms with Gasteiger partial charge in [0.25, 0.3) is 0 Å². The first-order valence-electron chi connectivity index (χ1n) is 13.5. The van der Waals surface area contributed by atoms with Gasteiger partial charge in [-0.1, -0.05) is 49.7 Å². The summed E-state index contributed by atoms with van der Waals surface area (Å²) in [5, 5.41) is 14.1. The molecule has 212 valence electrons. The van der Waals surface area contributed by atoms with Crippen LogP contribution in [0.4, 0.5) is 13.2 Å². The van der Waals surface area contributed by atoms with Crippen molar-refractivity contribution in [2.24, 2.45) is 0 Å². The number of hydrogen-bond acceptors (Lipinski definition) is 5. The molecule has 0 aliphatic heterocycles. The quantitative estimate of drug-likeness (QED) is 0.201. The number of hydrogen-bond donors (Lipinski definition) is 2. The summed E-state index contributed by atoms with van der Waals surface area (Å²) >= 11 is 1.19. The van der Waals surface area contributed by atoms with Crippen molar-refractivity contribution >= 4 is 11.9 Å². The molecule has 1 aromatic heterocycles. The van der Waals surface area contributed by atoms with Crippen molar-refractivity contribution in [3.05, 3.63) is 83.6 Å². The zero-order chi connectivity index (χ0) is 28.5. The molecular formula is C31H40F3N3OS. The molecule has 0 fully saturated rings. The molecule has 3 aromatic rings. The molecule has 0 radical (unpaired) electrons. The van der Waals surface area contributed by atoms with Crippen LogP contribution < -0.4 is 5.32 Å². The monoisotopic (exact) mass is 559 g/mol. The molecule has 1 unspecified atom stereocenters. The van der Waals surface area contributed by atoms with E-state index in [0.717, 1.165) is 43.7 Å². The molecular weight excluding hydrogens is 519 g/mol. The van der Waals surface area contributed by atoms with Gasteiger partial charge in [-0.25, -0.2) is 4.31 Å². The fourth-order valence-electron chi connectivity index (χ4n) is 4.56. The summed E-state index contributed by atoms with van der Waals surface area (Å²) in [6, 6.07) is 18.2. The molecule has 0 aliphatic rings. The molecule has 0 saturated heterocycles. The summed E-state index contributed by atoms with van der Waals surface area (Å²) in [6.07, 6.45) is 1.07. The molecule has 3 rings (SSSR count). The van der Waals surface area contributed by atoms with E-state index >= 15 is 0 Å². The van der Waals surface area contributed by atoms with Gasteiger partial charge in [0.05, 0.1) is 17.4 Å². The molecule has 1 heterocycles. The maximum atomic E-state index is 13.8. The number of nitrogens with one attached hydrogen (secondary N) is 1. The summed E-state index contributed by atoms with van der Waals surface area (Å²) in [6.45, 7) is 6.97. The molecule has 0 amide bonds. The third-order valence-electron chi connectivity index (χ3n) is 6.57. The van der Waals surface area contributed by atoms with E-state index < -0.39 is 17.8 Å². The normalized spacial score (nSPS) is 13.2. The Bertz CT molecular complexity index is 1170. The SMILES string of the molecule is CCCc1cccnc1-c1cc(SN(C)CC(O)CNC(C)(C)CCCc2ccccc2)cc(C(F)(F)F)c1. The largest absolute Gasteiger partial charge is 0.416 e. The van der Waals surface area contributed by atoms with E-state index in [1.807, 2.05) is 37.3 Å². The number of nitrogens with zero attached hydrogens (tertiary/aromatic N) is 2. The first kappa shape index (κ1) is 31.1. The maximum absolute atomic E-state index is 13.8. The lowest BCUT2D eigenvalue weighted by molar-refractivity contribution is -0.137. The van der Waals surface area contributed by atoms with Crippen LogP contribution in [0, 0.1) is 0 Å². The Morgan fingerprint density at radius 1 is 1.03 bits per heavy atom. The van der Waals surface area contributed by atoms with E-state index in [2.05, 4.69) is 36.3 Å². The highest BCUT2D eigenvalue weighted by Gasteiger charge is 2.32. The van der Waals surface area contributed by atoms with Gasteiger partial charge in [-0.3, -0.25) is 4.98 Å². The summed E-state index contributed by atoms with van der Waals surface area (Å²) in [5.74, 6) is 0. The molecule has 39 heavy (non-hydrogen) atoms. The van der Waals surface area contributed by atoms with Crippen LogP contribution in [0.5, 0.6) is 0 Å². The topological polar surface area (TPSA) is 48.4 Å². The fraction of sp³-hybridized carbons (Fsp3) is 0.452. The molecule has 4 nitrogen and oxygen atoms in total. The Morgan fingerprint density at radius 3 is 2.46 bits per heavy atom. The van der Waals surface area contributed by atoms with Crippen molar-refractivity contribution in [1.82, 2.24) is 14.6 Å². The van der Waals surface area contributed by atoms with Gasteiger partial charge < -0.3 is 10.4 Å². The summed E-state index contributed by atoms with van der Waals surface area (Å²) in [4.78, 5) is 4.86. The molecule has 0 bridgehead atoms. The average molecular weight is 560 g/mol. The lowest BCUT2D eigenvalue weighted by atomic mass is 9.95. The molecule has 1 atom stereocenters. The van der Waals surface area contributed by atoms with Crippen LogP contribution in [0.2, 0.25) is 0 Å². The standard InChI is InChI=1S/C31H40F3N3OS/c1-5-11-24-15-10-17-35-29(24)25-18-26(31(32,33)34)20-28(19-25)39-37(4)22-27(38)21-36-30(2,3)16-9-14-23-12-7-6-8-13-23/h6-8,10,12-13,15,17-20,27,36,38H,5,9,11,14,16,21-22H2,1-4H3. The second-order valence-corrected chi connectivity index (χ2v) is 11.9. The number of halogens is 3. The number of pyridine rings is 1. The van der Waals surface area contributed by atoms with E-state index in [1.54, 1.807) is 23.6 Å². The zero-order valence-electron chi connectivity index (χ0n) is 23.3. The molecule has 0 spiro atoms. The van der Waals surface area contributed by atoms with Crippen LogP contribution in [-0.4, -0.2) is 46.2 Å². The van der Waals surface area contributed by atoms with Crippen molar-refractivity contribution in [3.63, 3.8) is 0 Å². The van der Waals surface area contributed by atoms with Gasteiger partial charge in [-0.15, -0.1) is 0 Å². The van der Waals surface area contributed by atoms with Crippen LogP contribution in [-0.2, 0) is 19.0 Å². The number of likely N-dealkylation sites (N-methyl/N-ethyl adjacent to an activating group) is 1. The number of aliphatic hydroxyl groups is 1. The number of aryl methyl sites for hydroxylation is 2. The van der Waals surface area contributed by atoms with Gasteiger partial charge in [-0.2, -0.15) is 13.2 Å². The van der Waals surface area contributed by atoms with Crippen LogP contribution in [0.1, 0.15) is 56.7 Å². The van der Waals surface area contributed by atoms with Crippen molar-refractivity contribution in [3.8, 4) is 11.3 Å². The lowest BCUT2D eigenvalue weighted by Crippen LogP contribution is -2.45. The molecule has 0 saturated carbocycles. The minimum atomic E-state index is -4.47. The summed E-state index contributed by atoms with van der Waals surface area (Å²) < 4.78 is 43.1. The van der Waals surface area contributed by atoms with Crippen molar-refractivity contribution < 1.29 is 18.3 Å². The molecule has 2 aromatic carbocycles. The van der Waals surface area contributed by atoms with E-state index in [0.29, 0.717) is 29.2 Å². The third-order valence-corrected chi connectivity index (χ3v) is 7.48. The number of aromatic nitrogens is 1. The molecule has 2 N–H and O–H groups in total. The van der Waals surface area contributed by atoms with Gasteiger partial charge in [0.2, 0.25) is 0 Å². The van der Waals surface area contributed by atoms with E-state index in [9.17, 15) is 18.3 Å². The Balaban J connectivity index is 1.60. The third kappa shape index (κ3) is 10.3. The number of aliphatic hydroxyl groups excluding tert-OH is 1. The van der Waals surface area contributed by atoms with Crippen LogP contribution >= 0.6 is 11.9 Å². The second-order valence-electron chi connectivity index (χ2n) is 10.7. The summed E-state index contributed by atoms with van der Waals surface area (Å²) in [5.41, 5.74) is 2.42. The number of β-amino-alcohol motifs (C(OH)–C–C–N with tert-alkyl or cyclic N) is 1. The van der Waals surface area contributed by atoms with Gasteiger partial charge in [0.1, 0.15) is 0 Å². The number of alkyl halides is 3. The Morgan fingerprint density at radius 2 is 1.77 bits per heavy atom. The van der Waals surface area contributed by atoms with Gasteiger partial charge in [0, 0.05) is 35.3 Å². The minimum absolute atomic E-state index is 0.143. The van der Waals surface area contributed by atoms with Gasteiger partial charge >= 0.3 is 6.18 Å². The smallest absolute Gasteiger partial charge is 0.390 e. The first-order chi connectivity index (χ1) is 18.5. The first-order valence-corrected chi connectivity index (χ1v) is 14.3. The lowest BCUT2D eigenvalue weighted by Gasteiger charge is -2.29. The van der Waals surface area contributed by atoms with Crippen molar-refractivity contribution in [2.45, 2.75) is 75.6 Å². The number of rotatable bonds is 14. The molecule has 8 heteroatoms. The predicted octanol–water partition coefficient (Wildman–Crippen LogP) is 7.41. The maximum Gasteiger partial charge on any atom is 0.416 e. The van der Waals surface area contributed by atoms with E-state index in [-0.39, 0.29) is 5.54 Å². The highest BCUT2D eigenvalue weighted by Crippen LogP contribution is 2.37. The fourth-order valence-corrected chi connectivity index (χ4v) is 5.53. The van der Waals surface area contributed by atoms with Crippen LogP contribution in [0.15, 0.2) is 71.8 Å². The Hall–Kier alpha value is -2.39. The highest BCUT2D eigenvalue weighted by atomic mass is 32.2. The van der Waals surface area contributed by atoms with E-state index in [1.165, 1.54) is 23.6 Å². The second kappa shape index (κ2) is 14.3. The predicted molar refractivity (Wildman–Crippen MR) is 155 cm³/mol. The minimum Gasteiger partial charge on any atom is -0.390 e. The number of benzene rings is 2. The van der Waals surface area contributed by atoms with Gasteiger partial charge in [-0.05, 0) is 93.9 Å². The summed E-state index contributed by atoms with van der Waals surface area (Å²) in [7, 11) is 1.78. The average Bonchev–Trinajstić information content (AvgIpc) is 2.88. The van der Waals surface area contributed by atoms with Gasteiger partial charge in [0.15, 0.2) is 0 Å².